The molecule has 0 aliphatic rings. The number of carbonyl (C=O) groups excluding carboxylic acids is 2. The van der Waals surface area contributed by atoms with Crippen molar-refractivity contribution in [2.75, 3.05) is 13.2 Å². The highest BCUT2D eigenvalue weighted by Gasteiger charge is 2.45. The summed E-state index contributed by atoms with van der Waals surface area (Å²) in [6.07, 6.45) is 5.32. The SMILES string of the molecule is CCCCCOC(=O)C(Cl)(Cl)C(=O)OCCCCC. The number of esters is 2. The number of carbonyl (C=O) groups is 2. The van der Waals surface area contributed by atoms with Gasteiger partial charge in [-0.3, -0.25) is 0 Å². The molecule has 19 heavy (non-hydrogen) atoms. The quantitative estimate of drug-likeness (QED) is 0.267. The lowest BCUT2D eigenvalue weighted by atomic mass is 10.3. The van der Waals surface area contributed by atoms with E-state index in [1.807, 2.05) is 13.8 Å². The summed E-state index contributed by atoms with van der Waals surface area (Å²) in [5.41, 5.74) is 0. The Morgan fingerprint density at radius 3 is 1.53 bits per heavy atom. The minimum Gasteiger partial charge on any atom is -0.463 e. The Labute approximate surface area is 124 Å². The molecule has 0 amide bonds. The number of hydrogen-bond donors (Lipinski definition) is 0. The molecular formula is C13H22Cl2O4. The van der Waals surface area contributed by atoms with Gasteiger partial charge in [0.15, 0.2) is 0 Å². The standard InChI is InChI=1S/C13H22Cl2O4/c1-3-5-7-9-18-11(16)13(14,15)12(17)19-10-8-6-4-2/h3-10H2,1-2H3. The van der Waals surface area contributed by atoms with Gasteiger partial charge < -0.3 is 9.47 Å². The number of hydrogen-bond acceptors (Lipinski definition) is 4. The first-order chi connectivity index (χ1) is 8.96. The molecule has 0 N–H and O–H groups in total. The molecule has 0 bridgehead atoms. The highest BCUT2D eigenvalue weighted by Crippen LogP contribution is 2.25. The molecule has 0 heterocycles. The van der Waals surface area contributed by atoms with E-state index < -0.39 is 16.3 Å². The summed E-state index contributed by atoms with van der Waals surface area (Å²) in [5, 5.41) is 0. The predicted molar refractivity (Wildman–Crippen MR) is 75.4 cm³/mol. The first kappa shape index (κ1) is 18.5. The molecule has 0 fully saturated rings. The highest BCUT2D eigenvalue weighted by molar-refractivity contribution is 6.66. The van der Waals surface area contributed by atoms with Crippen molar-refractivity contribution in [3.8, 4) is 0 Å². The lowest BCUT2D eigenvalue weighted by Crippen LogP contribution is -2.39. The van der Waals surface area contributed by atoms with Crippen molar-refractivity contribution in [2.45, 2.75) is 56.7 Å². The third-order valence-corrected chi connectivity index (χ3v) is 3.09. The van der Waals surface area contributed by atoms with E-state index in [1.54, 1.807) is 0 Å². The average molecular weight is 313 g/mol. The monoisotopic (exact) mass is 312 g/mol. The maximum absolute atomic E-state index is 11.6. The molecule has 0 aromatic heterocycles. The molecule has 6 heteroatoms. The van der Waals surface area contributed by atoms with Crippen molar-refractivity contribution in [3.63, 3.8) is 0 Å². The molecule has 0 spiro atoms. The predicted octanol–water partition coefficient (Wildman–Crippen LogP) is 3.63. The Kier molecular flexibility index (Phi) is 10.1. The Bertz CT molecular complexity index is 254. The van der Waals surface area contributed by atoms with E-state index in [9.17, 15) is 9.59 Å². The van der Waals surface area contributed by atoms with Crippen LogP contribution in [-0.4, -0.2) is 29.5 Å². The zero-order chi connectivity index (χ0) is 14.7. The second-order valence-electron chi connectivity index (χ2n) is 4.26. The van der Waals surface area contributed by atoms with Gasteiger partial charge in [0.1, 0.15) is 0 Å². The molecule has 0 saturated carbocycles. The highest BCUT2D eigenvalue weighted by atomic mass is 35.5. The van der Waals surface area contributed by atoms with E-state index in [0.29, 0.717) is 0 Å². The number of halogens is 2. The lowest BCUT2D eigenvalue weighted by Gasteiger charge is -2.16. The van der Waals surface area contributed by atoms with Crippen LogP contribution in [0.5, 0.6) is 0 Å². The van der Waals surface area contributed by atoms with Gasteiger partial charge in [0.2, 0.25) is 0 Å². The van der Waals surface area contributed by atoms with Crippen LogP contribution in [0.25, 0.3) is 0 Å². The van der Waals surface area contributed by atoms with E-state index in [4.69, 9.17) is 32.7 Å². The van der Waals surface area contributed by atoms with Crippen LogP contribution in [0.1, 0.15) is 52.4 Å². The summed E-state index contributed by atoms with van der Waals surface area (Å²) < 4.78 is 7.44. The third-order valence-electron chi connectivity index (χ3n) is 2.47. The molecule has 112 valence electrons. The molecule has 0 saturated heterocycles. The van der Waals surface area contributed by atoms with E-state index in [0.717, 1.165) is 38.5 Å². The maximum Gasteiger partial charge on any atom is 0.354 e. The fourth-order valence-electron chi connectivity index (χ4n) is 1.30. The van der Waals surface area contributed by atoms with Gasteiger partial charge in [-0.05, 0) is 12.8 Å². The zero-order valence-corrected chi connectivity index (χ0v) is 13.1. The summed E-state index contributed by atoms with van der Waals surface area (Å²) in [5.74, 6) is -1.93. The molecule has 0 radical (unpaired) electrons. The van der Waals surface area contributed by atoms with Crippen LogP contribution in [0.15, 0.2) is 0 Å². The van der Waals surface area contributed by atoms with Crippen molar-refractivity contribution in [1.82, 2.24) is 0 Å². The number of unbranched alkanes of at least 4 members (excludes halogenated alkanes) is 4. The first-order valence-corrected chi connectivity index (χ1v) is 7.44. The second kappa shape index (κ2) is 10.3. The Balaban J connectivity index is 4.04. The summed E-state index contributed by atoms with van der Waals surface area (Å²) >= 11 is 11.4. The van der Waals surface area contributed by atoms with E-state index in [-0.39, 0.29) is 13.2 Å². The van der Waals surface area contributed by atoms with Gasteiger partial charge in [-0.1, -0.05) is 62.7 Å². The van der Waals surface area contributed by atoms with Gasteiger partial charge in [-0.15, -0.1) is 0 Å². The van der Waals surface area contributed by atoms with Crippen LogP contribution < -0.4 is 0 Å². The van der Waals surface area contributed by atoms with Gasteiger partial charge in [0, 0.05) is 0 Å². The fourth-order valence-corrected chi connectivity index (χ4v) is 1.52. The first-order valence-electron chi connectivity index (χ1n) is 6.69. The Morgan fingerprint density at radius 2 is 1.21 bits per heavy atom. The molecular weight excluding hydrogens is 291 g/mol. The molecule has 0 aromatic rings. The topological polar surface area (TPSA) is 52.6 Å². The van der Waals surface area contributed by atoms with Crippen molar-refractivity contribution < 1.29 is 19.1 Å². The number of ether oxygens (including phenoxy) is 2. The largest absolute Gasteiger partial charge is 0.463 e. The zero-order valence-electron chi connectivity index (χ0n) is 11.5. The number of rotatable bonds is 10. The second-order valence-corrected chi connectivity index (χ2v) is 5.59. The van der Waals surface area contributed by atoms with Crippen LogP contribution in [0, 0.1) is 0 Å². The van der Waals surface area contributed by atoms with Crippen LogP contribution >= 0.6 is 23.2 Å². The van der Waals surface area contributed by atoms with Crippen molar-refractivity contribution in [3.05, 3.63) is 0 Å². The lowest BCUT2D eigenvalue weighted by molar-refractivity contribution is -0.156. The van der Waals surface area contributed by atoms with E-state index in [1.165, 1.54) is 0 Å². The molecule has 0 rings (SSSR count). The van der Waals surface area contributed by atoms with Gasteiger partial charge in [-0.2, -0.15) is 0 Å². The van der Waals surface area contributed by atoms with Crippen LogP contribution in [0.4, 0.5) is 0 Å². The molecule has 4 nitrogen and oxygen atoms in total. The summed E-state index contributed by atoms with van der Waals surface area (Å²) in [4.78, 5) is 23.1. The Morgan fingerprint density at radius 1 is 0.842 bits per heavy atom. The molecule has 0 unspecified atom stereocenters. The van der Waals surface area contributed by atoms with Gasteiger partial charge >= 0.3 is 16.3 Å². The molecule has 0 aliphatic carbocycles. The molecule has 0 aromatic carbocycles. The van der Waals surface area contributed by atoms with Crippen LogP contribution in [0.3, 0.4) is 0 Å². The minimum atomic E-state index is -2.27. The maximum atomic E-state index is 11.6. The van der Waals surface area contributed by atoms with E-state index >= 15 is 0 Å². The van der Waals surface area contributed by atoms with Crippen molar-refractivity contribution in [2.24, 2.45) is 0 Å². The summed E-state index contributed by atoms with van der Waals surface area (Å²) in [6, 6.07) is 0. The van der Waals surface area contributed by atoms with Crippen molar-refractivity contribution >= 4 is 35.1 Å². The van der Waals surface area contributed by atoms with E-state index in [2.05, 4.69) is 0 Å². The smallest absolute Gasteiger partial charge is 0.354 e. The van der Waals surface area contributed by atoms with Crippen LogP contribution in [-0.2, 0) is 19.1 Å². The number of alkyl halides is 2. The molecule has 0 aliphatic heterocycles. The van der Waals surface area contributed by atoms with Gasteiger partial charge in [0.05, 0.1) is 13.2 Å². The minimum absolute atomic E-state index is 0.205. The van der Waals surface area contributed by atoms with Gasteiger partial charge in [-0.25, -0.2) is 9.59 Å². The van der Waals surface area contributed by atoms with Crippen molar-refractivity contribution in [1.29, 1.82) is 0 Å². The third kappa shape index (κ3) is 7.63. The van der Waals surface area contributed by atoms with Crippen LogP contribution in [0.2, 0.25) is 0 Å². The summed E-state index contributed by atoms with van der Waals surface area (Å²) in [7, 11) is 0. The average Bonchev–Trinajstić information content (AvgIpc) is 2.39. The Hall–Kier alpha value is -0.480. The molecule has 0 atom stereocenters. The fraction of sp³-hybridized carbons (Fsp3) is 0.846. The normalized spacial score (nSPS) is 11.2. The summed E-state index contributed by atoms with van der Waals surface area (Å²) in [6.45, 7) is 4.47. The van der Waals surface area contributed by atoms with Gasteiger partial charge in [0.25, 0.3) is 0 Å².